The second-order valence-electron chi connectivity index (χ2n) is 5.16. The number of sulfonamides is 1. The zero-order valence-corrected chi connectivity index (χ0v) is 13.7. The Hall–Kier alpha value is -0.700. The van der Waals surface area contributed by atoms with Crippen LogP contribution in [0.25, 0.3) is 0 Å². The molecule has 0 saturated carbocycles. The Balaban J connectivity index is 2.05. The van der Waals surface area contributed by atoms with Gasteiger partial charge in [0.2, 0.25) is 10.0 Å². The molecule has 0 spiro atoms. The van der Waals surface area contributed by atoms with Crippen molar-refractivity contribution in [2.75, 3.05) is 32.4 Å². The zero-order chi connectivity index (χ0) is 14.8. The van der Waals surface area contributed by atoms with Gasteiger partial charge in [-0.15, -0.1) is 0 Å². The molecule has 1 aromatic rings. The number of pyridine rings is 1. The highest BCUT2D eigenvalue weighted by molar-refractivity contribution is 9.10. The SMILES string of the molecule is CN1CCCC(CNS(=O)(=O)c2cc(Br)cnc2N)C1. The van der Waals surface area contributed by atoms with Crippen LogP contribution in [0.1, 0.15) is 12.8 Å². The molecule has 0 amide bonds. The Kier molecular flexibility index (Phi) is 5.00. The predicted octanol–water partition coefficient (Wildman–Crippen LogP) is 1.05. The molecule has 1 aliphatic heterocycles. The van der Waals surface area contributed by atoms with Gasteiger partial charge >= 0.3 is 0 Å². The van der Waals surface area contributed by atoms with E-state index in [0.717, 1.165) is 25.9 Å². The van der Waals surface area contributed by atoms with E-state index in [4.69, 9.17) is 5.73 Å². The van der Waals surface area contributed by atoms with Gasteiger partial charge in [0.15, 0.2) is 0 Å². The van der Waals surface area contributed by atoms with Gasteiger partial charge in [-0.3, -0.25) is 0 Å². The van der Waals surface area contributed by atoms with Crippen LogP contribution in [0.5, 0.6) is 0 Å². The lowest BCUT2D eigenvalue weighted by atomic mass is 9.99. The minimum absolute atomic E-state index is 0.0152. The van der Waals surface area contributed by atoms with Gasteiger partial charge in [0.1, 0.15) is 10.7 Å². The van der Waals surface area contributed by atoms with Gasteiger partial charge in [-0.05, 0) is 54.3 Å². The van der Waals surface area contributed by atoms with Gasteiger partial charge in [-0.25, -0.2) is 18.1 Å². The predicted molar refractivity (Wildman–Crippen MR) is 81.8 cm³/mol. The van der Waals surface area contributed by atoms with Crippen molar-refractivity contribution in [1.29, 1.82) is 0 Å². The quantitative estimate of drug-likeness (QED) is 0.835. The number of aromatic nitrogens is 1. The van der Waals surface area contributed by atoms with Crippen molar-refractivity contribution in [2.24, 2.45) is 5.92 Å². The van der Waals surface area contributed by atoms with E-state index in [9.17, 15) is 8.42 Å². The van der Waals surface area contributed by atoms with E-state index in [1.807, 2.05) is 0 Å². The molecule has 0 radical (unpaired) electrons. The van der Waals surface area contributed by atoms with Gasteiger partial charge < -0.3 is 10.6 Å². The summed E-state index contributed by atoms with van der Waals surface area (Å²) in [6, 6.07) is 1.47. The number of halogens is 1. The van der Waals surface area contributed by atoms with Crippen molar-refractivity contribution in [3.05, 3.63) is 16.7 Å². The summed E-state index contributed by atoms with van der Waals surface area (Å²) in [4.78, 5) is 6.10. The third-order valence-electron chi connectivity index (χ3n) is 3.42. The maximum absolute atomic E-state index is 12.3. The molecule has 1 aromatic heterocycles. The number of anilines is 1. The van der Waals surface area contributed by atoms with Crippen molar-refractivity contribution >= 4 is 31.8 Å². The van der Waals surface area contributed by atoms with Gasteiger partial charge in [0.05, 0.1) is 0 Å². The number of nitrogens with zero attached hydrogens (tertiary/aromatic N) is 2. The van der Waals surface area contributed by atoms with E-state index in [1.54, 1.807) is 0 Å². The molecule has 0 bridgehead atoms. The Morgan fingerprint density at radius 3 is 3.05 bits per heavy atom. The lowest BCUT2D eigenvalue weighted by Crippen LogP contribution is -2.39. The number of likely N-dealkylation sites (tertiary alicyclic amines) is 1. The smallest absolute Gasteiger partial charge is 0.244 e. The summed E-state index contributed by atoms with van der Waals surface area (Å²) in [6.07, 6.45) is 3.62. The Bertz CT molecular complexity index is 579. The largest absolute Gasteiger partial charge is 0.383 e. The first-order valence-corrected chi connectivity index (χ1v) is 8.75. The summed E-state index contributed by atoms with van der Waals surface area (Å²) >= 11 is 3.21. The van der Waals surface area contributed by atoms with E-state index in [0.29, 0.717) is 16.9 Å². The molecule has 0 aromatic carbocycles. The highest BCUT2D eigenvalue weighted by atomic mass is 79.9. The molecule has 3 N–H and O–H groups in total. The summed E-state index contributed by atoms with van der Waals surface area (Å²) in [7, 11) is -1.56. The van der Waals surface area contributed by atoms with Gasteiger partial charge in [-0.2, -0.15) is 0 Å². The molecule has 20 heavy (non-hydrogen) atoms. The van der Waals surface area contributed by atoms with Crippen molar-refractivity contribution in [2.45, 2.75) is 17.7 Å². The summed E-state index contributed by atoms with van der Waals surface area (Å²) in [5, 5.41) is 0. The monoisotopic (exact) mass is 362 g/mol. The van der Waals surface area contributed by atoms with Gasteiger partial charge in [0, 0.05) is 23.8 Å². The minimum atomic E-state index is -3.62. The molecular formula is C12H19BrN4O2S. The molecular weight excluding hydrogens is 344 g/mol. The average molecular weight is 363 g/mol. The fraction of sp³-hybridized carbons (Fsp3) is 0.583. The number of nitrogens with one attached hydrogen (secondary N) is 1. The van der Waals surface area contributed by atoms with Crippen molar-refractivity contribution < 1.29 is 8.42 Å². The van der Waals surface area contributed by atoms with Crippen LogP contribution in [0.4, 0.5) is 5.82 Å². The molecule has 1 atom stereocenters. The van der Waals surface area contributed by atoms with Crippen LogP contribution in [0.15, 0.2) is 21.6 Å². The fourth-order valence-corrected chi connectivity index (χ4v) is 4.10. The molecule has 112 valence electrons. The van der Waals surface area contributed by atoms with Gasteiger partial charge in [0.25, 0.3) is 0 Å². The highest BCUT2D eigenvalue weighted by Crippen LogP contribution is 2.21. The van der Waals surface area contributed by atoms with Crippen LogP contribution in [-0.2, 0) is 10.0 Å². The Labute approximate surface area is 127 Å². The highest BCUT2D eigenvalue weighted by Gasteiger charge is 2.22. The summed E-state index contributed by atoms with van der Waals surface area (Å²) in [6.45, 7) is 2.42. The van der Waals surface area contributed by atoms with E-state index in [1.165, 1.54) is 12.3 Å². The Morgan fingerprint density at radius 1 is 1.60 bits per heavy atom. The Morgan fingerprint density at radius 2 is 2.35 bits per heavy atom. The van der Waals surface area contributed by atoms with Gasteiger partial charge in [-0.1, -0.05) is 0 Å². The first-order chi connectivity index (χ1) is 9.38. The first-order valence-electron chi connectivity index (χ1n) is 6.48. The third-order valence-corrected chi connectivity index (χ3v) is 5.31. The summed E-state index contributed by atoms with van der Waals surface area (Å²) in [5.41, 5.74) is 5.65. The molecule has 2 heterocycles. The molecule has 2 rings (SSSR count). The lowest BCUT2D eigenvalue weighted by molar-refractivity contribution is 0.211. The van der Waals surface area contributed by atoms with Crippen LogP contribution >= 0.6 is 15.9 Å². The van der Waals surface area contributed by atoms with Crippen LogP contribution in [0, 0.1) is 5.92 Å². The molecule has 8 heteroatoms. The van der Waals surface area contributed by atoms with Crippen LogP contribution in [0.2, 0.25) is 0 Å². The van der Waals surface area contributed by atoms with E-state index < -0.39 is 10.0 Å². The average Bonchev–Trinajstić information content (AvgIpc) is 2.39. The standard InChI is InChI=1S/C12H19BrN4O2S/c1-17-4-2-3-9(8-17)6-16-20(18,19)11-5-10(13)7-15-12(11)14/h5,7,9,16H,2-4,6,8H2,1H3,(H2,14,15). The van der Waals surface area contributed by atoms with E-state index in [-0.39, 0.29) is 10.7 Å². The molecule has 1 unspecified atom stereocenters. The molecule has 1 fully saturated rings. The molecule has 1 aliphatic rings. The number of nitrogen functional groups attached to an aromatic ring is 1. The minimum Gasteiger partial charge on any atom is -0.383 e. The van der Waals surface area contributed by atoms with Crippen LogP contribution in [-0.4, -0.2) is 45.0 Å². The third kappa shape index (κ3) is 3.91. The topological polar surface area (TPSA) is 88.3 Å². The fourth-order valence-electron chi connectivity index (χ4n) is 2.39. The zero-order valence-electron chi connectivity index (χ0n) is 11.3. The summed E-state index contributed by atoms with van der Waals surface area (Å²) < 4.78 is 27.8. The second kappa shape index (κ2) is 6.38. The number of nitrogens with two attached hydrogens (primary N) is 1. The van der Waals surface area contributed by atoms with E-state index in [2.05, 4.69) is 37.6 Å². The van der Waals surface area contributed by atoms with Crippen molar-refractivity contribution in [3.8, 4) is 0 Å². The summed E-state index contributed by atoms with van der Waals surface area (Å²) in [5.74, 6) is 0.353. The van der Waals surface area contributed by atoms with Crippen molar-refractivity contribution in [1.82, 2.24) is 14.6 Å². The maximum atomic E-state index is 12.3. The second-order valence-corrected chi connectivity index (χ2v) is 7.81. The molecule has 1 saturated heterocycles. The number of hydrogen-bond donors (Lipinski definition) is 2. The first kappa shape index (κ1) is 15.7. The molecule has 6 nitrogen and oxygen atoms in total. The number of rotatable bonds is 4. The molecule has 0 aliphatic carbocycles. The van der Waals surface area contributed by atoms with Crippen molar-refractivity contribution in [3.63, 3.8) is 0 Å². The number of hydrogen-bond acceptors (Lipinski definition) is 5. The normalized spacial score (nSPS) is 21.0. The number of piperidine rings is 1. The maximum Gasteiger partial charge on any atom is 0.244 e. The lowest BCUT2D eigenvalue weighted by Gasteiger charge is -2.29. The van der Waals surface area contributed by atoms with Crippen LogP contribution < -0.4 is 10.5 Å². The van der Waals surface area contributed by atoms with E-state index >= 15 is 0 Å². The van der Waals surface area contributed by atoms with Crippen LogP contribution in [0.3, 0.4) is 0 Å².